The van der Waals surface area contributed by atoms with Crippen LogP contribution in [0.4, 0.5) is 0 Å². The number of esters is 1. The molecule has 2 rings (SSSR count). The van der Waals surface area contributed by atoms with Crippen molar-refractivity contribution < 1.29 is 9.53 Å². The topological polar surface area (TPSA) is 26.3 Å². The predicted octanol–water partition coefficient (Wildman–Crippen LogP) is 3.57. The molecule has 0 spiro atoms. The smallest absolute Gasteiger partial charge is 0.339 e. The summed E-state index contributed by atoms with van der Waals surface area (Å²) in [4.78, 5) is 13.7. The summed E-state index contributed by atoms with van der Waals surface area (Å²) < 4.78 is 4.75. The molecule has 15 heavy (non-hydrogen) atoms. The van der Waals surface area contributed by atoms with E-state index in [1.165, 1.54) is 12.7 Å². The molecule has 0 aliphatic heterocycles. The number of methoxy groups -OCH3 is 1. The molecule has 0 unspecified atom stereocenters. The van der Waals surface area contributed by atoms with Crippen molar-refractivity contribution in [2.75, 3.05) is 7.11 Å². The zero-order chi connectivity index (χ0) is 10.8. The third-order valence-electron chi connectivity index (χ3n) is 2.14. The minimum atomic E-state index is -0.265. The number of hydrogen-bond acceptors (Lipinski definition) is 4. The summed E-state index contributed by atoms with van der Waals surface area (Å²) in [7, 11) is 1.41. The Labute approximate surface area is 96.1 Å². The summed E-state index contributed by atoms with van der Waals surface area (Å²) >= 11 is 3.23. The monoisotopic (exact) mass is 238 g/mol. The minimum Gasteiger partial charge on any atom is -0.465 e. The average molecular weight is 238 g/mol. The first-order valence-electron chi connectivity index (χ1n) is 4.44. The van der Waals surface area contributed by atoms with E-state index in [1.54, 1.807) is 22.7 Å². The van der Waals surface area contributed by atoms with Gasteiger partial charge in [-0.15, -0.1) is 22.7 Å². The van der Waals surface area contributed by atoms with Gasteiger partial charge in [0.15, 0.2) is 0 Å². The van der Waals surface area contributed by atoms with Gasteiger partial charge in [0.1, 0.15) is 0 Å². The van der Waals surface area contributed by atoms with Crippen LogP contribution < -0.4 is 0 Å². The van der Waals surface area contributed by atoms with E-state index in [0.29, 0.717) is 5.56 Å². The van der Waals surface area contributed by atoms with E-state index >= 15 is 0 Å². The van der Waals surface area contributed by atoms with Gasteiger partial charge in [-0.1, -0.05) is 0 Å². The molecule has 0 aliphatic carbocycles. The van der Waals surface area contributed by atoms with Crippen molar-refractivity contribution in [1.82, 2.24) is 0 Å². The zero-order valence-corrected chi connectivity index (χ0v) is 10.1. The van der Waals surface area contributed by atoms with E-state index in [9.17, 15) is 4.79 Å². The molecule has 78 valence electrons. The molecule has 0 atom stereocenters. The van der Waals surface area contributed by atoms with Gasteiger partial charge in [-0.05, 0) is 35.4 Å². The number of hydrogen-bond donors (Lipinski definition) is 0. The third kappa shape index (κ3) is 1.82. The lowest BCUT2D eigenvalue weighted by molar-refractivity contribution is 0.0602. The van der Waals surface area contributed by atoms with Crippen LogP contribution >= 0.6 is 22.7 Å². The molecule has 4 heteroatoms. The van der Waals surface area contributed by atoms with Gasteiger partial charge in [0.25, 0.3) is 0 Å². The molecule has 2 nitrogen and oxygen atoms in total. The maximum atomic E-state index is 11.5. The third-order valence-corrected chi connectivity index (χ3v) is 4.23. The van der Waals surface area contributed by atoms with Gasteiger partial charge < -0.3 is 4.74 Å². The number of rotatable bonds is 2. The highest BCUT2D eigenvalue weighted by molar-refractivity contribution is 7.20. The van der Waals surface area contributed by atoms with Gasteiger partial charge in [-0.3, -0.25) is 0 Å². The maximum Gasteiger partial charge on any atom is 0.339 e. The molecule has 0 amide bonds. The first-order valence-corrected chi connectivity index (χ1v) is 6.20. The minimum absolute atomic E-state index is 0.265. The summed E-state index contributed by atoms with van der Waals surface area (Å²) in [6.45, 7) is 2.05. The first-order chi connectivity index (χ1) is 7.24. The fourth-order valence-electron chi connectivity index (χ4n) is 1.36. The summed E-state index contributed by atoms with van der Waals surface area (Å²) in [6, 6.07) is 3.87. The first kappa shape index (κ1) is 10.4. The second-order valence-corrected chi connectivity index (χ2v) is 4.92. The molecular weight excluding hydrogens is 228 g/mol. The Morgan fingerprint density at radius 2 is 1.87 bits per heavy atom. The highest BCUT2D eigenvalue weighted by Gasteiger charge is 2.16. The van der Waals surface area contributed by atoms with Crippen molar-refractivity contribution in [3.8, 4) is 9.75 Å². The van der Waals surface area contributed by atoms with Crippen LogP contribution in [-0.2, 0) is 4.74 Å². The number of ether oxygens (including phenoxy) is 1. The molecule has 2 aromatic rings. The molecule has 0 bridgehead atoms. The summed E-state index contributed by atoms with van der Waals surface area (Å²) in [6.07, 6.45) is 0. The van der Waals surface area contributed by atoms with Crippen LogP contribution in [-0.4, -0.2) is 13.1 Å². The summed E-state index contributed by atoms with van der Waals surface area (Å²) in [5.41, 5.74) is 1.86. The van der Waals surface area contributed by atoms with Crippen molar-refractivity contribution in [3.63, 3.8) is 0 Å². The van der Waals surface area contributed by atoms with Crippen molar-refractivity contribution in [2.24, 2.45) is 0 Å². The molecule has 2 aromatic heterocycles. The normalized spacial score (nSPS) is 10.3. The van der Waals surface area contributed by atoms with Crippen LogP contribution in [0.25, 0.3) is 9.75 Å². The molecule has 0 radical (unpaired) electrons. The van der Waals surface area contributed by atoms with Crippen LogP contribution in [0.3, 0.4) is 0 Å². The quantitative estimate of drug-likeness (QED) is 0.748. The zero-order valence-electron chi connectivity index (χ0n) is 8.44. The molecule has 0 saturated carbocycles. The molecule has 2 heterocycles. The lowest BCUT2D eigenvalue weighted by Gasteiger charge is -2.00. The number of carbonyl (C=O) groups is 1. The molecule has 0 saturated heterocycles. The SMILES string of the molecule is COC(=O)c1ccsc1-c1sccc1C. The fraction of sp³-hybridized carbons (Fsp3) is 0.182. The van der Waals surface area contributed by atoms with Crippen molar-refractivity contribution >= 4 is 28.6 Å². The standard InChI is InChI=1S/C11H10O2S2/c1-7-3-5-14-9(7)10-8(4-6-15-10)11(12)13-2/h3-6H,1-2H3. The number of thiophene rings is 2. The lowest BCUT2D eigenvalue weighted by Crippen LogP contribution is -2.00. The van der Waals surface area contributed by atoms with E-state index in [2.05, 4.69) is 6.07 Å². The molecule has 0 aromatic carbocycles. The van der Waals surface area contributed by atoms with Gasteiger partial charge >= 0.3 is 5.97 Å². The van der Waals surface area contributed by atoms with E-state index in [4.69, 9.17) is 4.74 Å². The van der Waals surface area contributed by atoms with Gasteiger partial charge in [0.2, 0.25) is 0 Å². The van der Waals surface area contributed by atoms with Crippen LogP contribution in [0.2, 0.25) is 0 Å². The van der Waals surface area contributed by atoms with Gasteiger partial charge in [-0.25, -0.2) is 4.79 Å². The van der Waals surface area contributed by atoms with E-state index in [1.807, 2.05) is 23.8 Å². The Hall–Kier alpha value is -1.13. The van der Waals surface area contributed by atoms with Crippen LogP contribution in [0, 0.1) is 6.92 Å². The molecule has 0 fully saturated rings. The lowest BCUT2D eigenvalue weighted by atomic mass is 10.2. The highest BCUT2D eigenvalue weighted by atomic mass is 32.1. The average Bonchev–Trinajstić information content (AvgIpc) is 2.84. The molecular formula is C11H10O2S2. The fourth-order valence-corrected chi connectivity index (χ4v) is 3.42. The van der Waals surface area contributed by atoms with Crippen molar-refractivity contribution in [3.05, 3.63) is 34.0 Å². The Bertz CT molecular complexity index is 482. The van der Waals surface area contributed by atoms with Gasteiger partial charge in [0.05, 0.1) is 17.6 Å². The van der Waals surface area contributed by atoms with Crippen LogP contribution in [0.15, 0.2) is 22.9 Å². The Balaban J connectivity index is 2.50. The van der Waals surface area contributed by atoms with Crippen molar-refractivity contribution in [1.29, 1.82) is 0 Å². The van der Waals surface area contributed by atoms with Crippen LogP contribution in [0.1, 0.15) is 15.9 Å². The van der Waals surface area contributed by atoms with Gasteiger partial charge in [0, 0.05) is 4.88 Å². The van der Waals surface area contributed by atoms with E-state index < -0.39 is 0 Å². The maximum absolute atomic E-state index is 11.5. The highest BCUT2D eigenvalue weighted by Crippen LogP contribution is 2.36. The van der Waals surface area contributed by atoms with Gasteiger partial charge in [-0.2, -0.15) is 0 Å². The number of aryl methyl sites for hydroxylation is 1. The number of carbonyl (C=O) groups excluding carboxylic acids is 1. The predicted molar refractivity (Wildman–Crippen MR) is 63.7 cm³/mol. The second-order valence-electron chi connectivity index (χ2n) is 3.09. The largest absolute Gasteiger partial charge is 0.465 e. The second kappa shape index (κ2) is 4.16. The van der Waals surface area contributed by atoms with E-state index in [-0.39, 0.29) is 5.97 Å². The van der Waals surface area contributed by atoms with E-state index in [0.717, 1.165) is 9.75 Å². The molecule has 0 N–H and O–H groups in total. The molecule has 0 aliphatic rings. The summed E-state index contributed by atoms with van der Waals surface area (Å²) in [5.74, 6) is -0.265. The Kier molecular flexibility index (Phi) is 2.88. The Morgan fingerprint density at radius 1 is 1.20 bits per heavy atom. The van der Waals surface area contributed by atoms with Crippen LogP contribution in [0.5, 0.6) is 0 Å². The Morgan fingerprint density at radius 3 is 2.47 bits per heavy atom. The van der Waals surface area contributed by atoms with Crippen molar-refractivity contribution in [2.45, 2.75) is 6.92 Å². The summed E-state index contributed by atoms with van der Waals surface area (Å²) in [5, 5.41) is 3.95.